The molecule has 1 aliphatic carbocycles. The van der Waals surface area contributed by atoms with E-state index < -0.39 is 32.0 Å². The van der Waals surface area contributed by atoms with Crippen LogP contribution in [0.3, 0.4) is 0 Å². The minimum atomic E-state index is -4.93. The molecule has 1 aromatic carbocycles. The van der Waals surface area contributed by atoms with Crippen molar-refractivity contribution < 1.29 is 45.2 Å². The number of esters is 1. The van der Waals surface area contributed by atoms with Crippen molar-refractivity contribution in [3.63, 3.8) is 0 Å². The summed E-state index contributed by atoms with van der Waals surface area (Å²) in [6.07, 6.45) is 0.953. The van der Waals surface area contributed by atoms with Crippen LogP contribution >= 0.6 is 12.0 Å². The zero-order chi connectivity index (χ0) is 25.5. The molecule has 1 aliphatic rings. The van der Waals surface area contributed by atoms with Gasteiger partial charge in [-0.25, -0.2) is 9.68 Å². The van der Waals surface area contributed by atoms with Gasteiger partial charge >= 0.3 is 22.2 Å². The summed E-state index contributed by atoms with van der Waals surface area (Å²) < 4.78 is 63.9. The average Bonchev–Trinajstić information content (AvgIpc) is 2.76. The Morgan fingerprint density at radius 2 is 1.85 bits per heavy atom. The van der Waals surface area contributed by atoms with Gasteiger partial charge in [0.15, 0.2) is 0 Å². The standard InChI is InChI=1S/C22H30F2O8S2/c1-6-22(13-15(4)7-12-18(22)14(2)3)29-20(25)16-8-10-17(11-9-16)30-34(26,27)21(19(23)24)33-32-31-28-5/h8-11,14-15,18H,6-7,12-13H2,1-5H3. The molecule has 2 rings (SSSR count). The van der Waals surface area contributed by atoms with Crippen molar-refractivity contribution >= 4 is 28.1 Å². The molecule has 0 saturated heterocycles. The molecule has 1 aromatic rings. The highest BCUT2D eigenvalue weighted by Crippen LogP contribution is 2.45. The van der Waals surface area contributed by atoms with Crippen molar-refractivity contribution in [3.8, 4) is 5.75 Å². The highest BCUT2D eigenvalue weighted by molar-refractivity contribution is 8.14. The van der Waals surface area contributed by atoms with Crippen LogP contribution in [0.5, 0.6) is 5.75 Å². The van der Waals surface area contributed by atoms with Crippen molar-refractivity contribution in [1.82, 2.24) is 0 Å². The zero-order valence-electron chi connectivity index (χ0n) is 19.7. The molecule has 12 heteroatoms. The highest BCUT2D eigenvalue weighted by Gasteiger charge is 2.46. The fourth-order valence-electron chi connectivity index (χ4n) is 4.40. The van der Waals surface area contributed by atoms with E-state index in [-0.39, 0.29) is 29.3 Å². The Kier molecular flexibility index (Phi) is 10.3. The fourth-order valence-corrected chi connectivity index (χ4v) is 5.76. The summed E-state index contributed by atoms with van der Waals surface area (Å²) in [7, 11) is -3.90. The number of halogens is 2. The summed E-state index contributed by atoms with van der Waals surface area (Å²) in [4.78, 5) is 17.0. The minimum Gasteiger partial charge on any atom is -0.455 e. The lowest BCUT2D eigenvalue weighted by Crippen LogP contribution is -2.48. The third-order valence-electron chi connectivity index (χ3n) is 5.92. The summed E-state index contributed by atoms with van der Waals surface area (Å²) in [6, 6.07) is 5.00. The first-order chi connectivity index (χ1) is 16.0. The normalized spacial score (nSPS) is 22.9. The lowest BCUT2D eigenvalue weighted by molar-refractivity contribution is -0.447. The van der Waals surface area contributed by atoms with E-state index in [1.165, 1.54) is 24.3 Å². The molecular formula is C22H30F2O8S2. The molecular weight excluding hydrogens is 494 g/mol. The van der Waals surface area contributed by atoms with E-state index in [9.17, 15) is 22.0 Å². The average molecular weight is 525 g/mol. The molecule has 1 saturated carbocycles. The first-order valence-corrected chi connectivity index (χ1v) is 13.0. The van der Waals surface area contributed by atoms with E-state index in [4.69, 9.17) is 8.92 Å². The monoisotopic (exact) mass is 524 g/mol. The van der Waals surface area contributed by atoms with Gasteiger partial charge in [-0.2, -0.15) is 17.2 Å². The number of hydrogen-bond donors (Lipinski definition) is 0. The minimum absolute atomic E-state index is 0.192. The molecule has 3 atom stereocenters. The molecule has 192 valence electrons. The lowest BCUT2D eigenvalue weighted by atomic mass is 9.66. The lowest BCUT2D eigenvalue weighted by Gasteiger charge is -2.47. The van der Waals surface area contributed by atoms with Crippen LogP contribution in [0.25, 0.3) is 0 Å². The number of hydrogen-bond acceptors (Lipinski definition) is 9. The van der Waals surface area contributed by atoms with Gasteiger partial charge in [0.1, 0.15) is 11.4 Å². The van der Waals surface area contributed by atoms with Crippen molar-refractivity contribution in [2.45, 2.75) is 59.0 Å². The zero-order valence-corrected chi connectivity index (χ0v) is 21.3. The van der Waals surface area contributed by atoms with Crippen LogP contribution in [0.4, 0.5) is 8.78 Å². The number of ether oxygens (including phenoxy) is 1. The molecule has 0 aromatic heterocycles. The molecule has 1 fully saturated rings. The van der Waals surface area contributed by atoms with Gasteiger partial charge in [-0.15, -0.1) is 4.33 Å². The van der Waals surface area contributed by atoms with E-state index >= 15 is 0 Å². The first kappa shape index (κ1) is 28.5. The Labute approximate surface area is 203 Å². The number of carbonyl (C=O) groups is 1. The van der Waals surface area contributed by atoms with Crippen LogP contribution in [0.1, 0.15) is 63.7 Å². The van der Waals surface area contributed by atoms with Gasteiger partial charge in [-0.1, -0.05) is 39.2 Å². The van der Waals surface area contributed by atoms with Gasteiger partial charge in [0.05, 0.1) is 24.7 Å². The van der Waals surface area contributed by atoms with Crippen LogP contribution in [-0.2, 0) is 29.1 Å². The van der Waals surface area contributed by atoms with E-state index in [1.54, 1.807) is 0 Å². The molecule has 34 heavy (non-hydrogen) atoms. The van der Waals surface area contributed by atoms with Crippen molar-refractivity contribution in [2.75, 3.05) is 7.11 Å². The van der Waals surface area contributed by atoms with Crippen molar-refractivity contribution in [2.24, 2.45) is 17.8 Å². The van der Waals surface area contributed by atoms with Gasteiger partial charge in [0, 0.05) is 5.92 Å². The van der Waals surface area contributed by atoms with Crippen molar-refractivity contribution in [1.29, 1.82) is 0 Å². The van der Waals surface area contributed by atoms with E-state index in [2.05, 4.69) is 35.0 Å². The molecule has 8 nitrogen and oxygen atoms in total. The Balaban J connectivity index is 2.16. The van der Waals surface area contributed by atoms with Crippen LogP contribution in [0, 0.1) is 17.8 Å². The molecule has 0 spiro atoms. The second kappa shape index (κ2) is 12.3. The van der Waals surface area contributed by atoms with Crippen LogP contribution in [0.15, 0.2) is 34.6 Å². The maximum Gasteiger partial charge on any atom is 0.353 e. The molecule has 0 N–H and O–H groups in total. The molecule has 3 unspecified atom stereocenters. The van der Waals surface area contributed by atoms with Crippen LogP contribution in [-0.4, -0.2) is 27.1 Å². The quantitative estimate of drug-likeness (QED) is 0.0860. The summed E-state index contributed by atoms with van der Waals surface area (Å²) in [5.41, 5.74) is -0.390. The third-order valence-corrected chi connectivity index (χ3v) is 8.19. The second-order valence-corrected chi connectivity index (χ2v) is 11.0. The summed E-state index contributed by atoms with van der Waals surface area (Å²) in [5, 5.41) is 3.93. The van der Waals surface area contributed by atoms with Crippen molar-refractivity contribution in [3.05, 3.63) is 40.1 Å². The van der Waals surface area contributed by atoms with E-state index in [0.717, 1.165) is 26.4 Å². The van der Waals surface area contributed by atoms with Crippen LogP contribution in [0.2, 0.25) is 0 Å². The van der Waals surface area contributed by atoms with E-state index in [1.807, 2.05) is 6.92 Å². The predicted octanol–water partition coefficient (Wildman–Crippen LogP) is 6.02. The molecule has 0 aliphatic heterocycles. The summed E-state index contributed by atoms with van der Waals surface area (Å²) in [5.74, 6) is 0.189. The topological polar surface area (TPSA) is 97.4 Å². The maximum absolute atomic E-state index is 13.1. The van der Waals surface area contributed by atoms with Gasteiger partial charge < -0.3 is 8.92 Å². The Hall–Kier alpha value is -1.73. The predicted molar refractivity (Wildman–Crippen MR) is 122 cm³/mol. The second-order valence-electron chi connectivity index (χ2n) is 8.54. The molecule has 0 heterocycles. The molecule has 0 radical (unpaired) electrons. The maximum atomic E-state index is 13.1. The Morgan fingerprint density at radius 3 is 2.38 bits per heavy atom. The SMILES string of the molecule is CCC1(OC(=O)c2ccc(OS(=O)(=O)C(SOOOC)=C(F)F)cc2)CC(C)CCC1C(C)C. The Bertz CT molecular complexity index is 962. The fraction of sp³-hybridized carbons (Fsp3) is 0.591. The van der Waals surface area contributed by atoms with Gasteiger partial charge in [0.2, 0.25) is 4.24 Å². The Morgan fingerprint density at radius 1 is 1.21 bits per heavy atom. The molecule has 0 bridgehead atoms. The number of benzene rings is 1. The van der Waals surface area contributed by atoms with Gasteiger partial charge in [-0.05, 0) is 55.4 Å². The van der Waals surface area contributed by atoms with E-state index in [0.29, 0.717) is 18.3 Å². The first-order valence-electron chi connectivity index (χ1n) is 10.8. The van der Waals surface area contributed by atoms with Crippen LogP contribution < -0.4 is 4.18 Å². The molecule has 0 amide bonds. The third kappa shape index (κ3) is 7.14. The van der Waals surface area contributed by atoms with Gasteiger partial charge in [-0.3, -0.25) is 0 Å². The summed E-state index contributed by atoms with van der Waals surface area (Å²) in [6.45, 7) is 8.41. The summed E-state index contributed by atoms with van der Waals surface area (Å²) >= 11 is -0.292. The number of rotatable bonds is 11. The largest absolute Gasteiger partial charge is 0.455 e. The number of carbonyl (C=O) groups excluding carboxylic acids is 1. The smallest absolute Gasteiger partial charge is 0.353 e. The highest BCUT2D eigenvalue weighted by atomic mass is 32.3. The van der Waals surface area contributed by atoms with Gasteiger partial charge in [0.25, 0.3) is 0 Å².